The highest BCUT2D eigenvalue weighted by molar-refractivity contribution is 9.10. The third-order valence-electron chi connectivity index (χ3n) is 1.41. The van der Waals surface area contributed by atoms with Crippen molar-refractivity contribution in [2.24, 2.45) is 5.73 Å². The lowest BCUT2D eigenvalue weighted by Crippen LogP contribution is -2.09. The van der Waals surface area contributed by atoms with Gasteiger partial charge >= 0.3 is 0 Å². The summed E-state index contributed by atoms with van der Waals surface area (Å²) >= 11 is 4.70. The summed E-state index contributed by atoms with van der Waals surface area (Å²) in [5.41, 5.74) is 5.31. The first-order valence-corrected chi connectivity index (χ1v) is 5.01. The van der Waals surface area contributed by atoms with Gasteiger partial charge in [0.05, 0.1) is 11.6 Å². The maximum atomic E-state index is 9.37. The van der Waals surface area contributed by atoms with Gasteiger partial charge in [-0.3, -0.25) is 0 Å². The van der Waals surface area contributed by atoms with Crippen LogP contribution in [0, 0.1) is 0 Å². The molecule has 68 valence electrons. The van der Waals surface area contributed by atoms with E-state index in [1.807, 2.05) is 6.07 Å². The molecule has 5 heteroatoms. The Hall–Kier alpha value is -0.100. The van der Waals surface area contributed by atoms with Crippen molar-refractivity contribution in [3.8, 4) is 5.06 Å². The molecular formula is C7H10BrNO2S. The Morgan fingerprint density at radius 2 is 2.50 bits per heavy atom. The summed E-state index contributed by atoms with van der Waals surface area (Å²) in [5.74, 6) is 0. The van der Waals surface area contributed by atoms with Gasteiger partial charge in [-0.05, 0) is 22.0 Å². The summed E-state index contributed by atoms with van der Waals surface area (Å²) < 4.78 is 5.90. The van der Waals surface area contributed by atoms with E-state index < -0.39 is 6.10 Å². The quantitative estimate of drug-likeness (QED) is 0.857. The largest absolute Gasteiger partial charge is 0.486 e. The van der Waals surface area contributed by atoms with E-state index in [1.165, 1.54) is 11.3 Å². The first-order valence-electron chi connectivity index (χ1n) is 3.40. The van der Waals surface area contributed by atoms with Crippen molar-refractivity contribution in [2.45, 2.75) is 6.10 Å². The maximum Gasteiger partial charge on any atom is 0.188 e. The SMILES string of the molecule is COc1sc([C@@H](O)CN)cc1Br. The van der Waals surface area contributed by atoms with Crippen LogP contribution in [0.1, 0.15) is 11.0 Å². The Bertz CT molecular complexity index is 264. The molecule has 0 bridgehead atoms. The molecule has 1 rings (SSSR count). The zero-order valence-corrected chi connectivity index (χ0v) is 8.98. The second kappa shape index (κ2) is 4.23. The number of halogens is 1. The van der Waals surface area contributed by atoms with Crippen LogP contribution in [0.5, 0.6) is 5.06 Å². The molecule has 0 amide bonds. The minimum atomic E-state index is -0.588. The van der Waals surface area contributed by atoms with Crippen molar-refractivity contribution in [3.05, 3.63) is 15.4 Å². The van der Waals surface area contributed by atoms with E-state index in [-0.39, 0.29) is 6.54 Å². The Labute approximate surface area is 83.3 Å². The Morgan fingerprint density at radius 3 is 2.92 bits per heavy atom. The van der Waals surface area contributed by atoms with Gasteiger partial charge in [0.2, 0.25) is 0 Å². The summed E-state index contributed by atoms with van der Waals surface area (Å²) in [5, 5.41) is 10.1. The molecule has 0 aliphatic rings. The summed E-state index contributed by atoms with van der Waals surface area (Å²) in [6, 6.07) is 1.82. The normalized spacial score (nSPS) is 13.0. The van der Waals surface area contributed by atoms with Crippen LogP contribution in [0.2, 0.25) is 0 Å². The fourth-order valence-corrected chi connectivity index (χ4v) is 2.45. The number of methoxy groups -OCH3 is 1. The van der Waals surface area contributed by atoms with Crippen LogP contribution in [0.15, 0.2) is 10.5 Å². The van der Waals surface area contributed by atoms with E-state index in [9.17, 15) is 5.11 Å². The first-order chi connectivity index (χ1) is 5.69. The summed E-state index contributed by atoms with van der Waals surface area (Å²) in [4.78, 5) is 0.821. The Morgan fingerprint density at radius 1 is 1.83 bits per heavy atom. The van der Waals surface area contributed by atoms with Crippen molar-refractivity contribution in [3.63, 3.8) is 0 Å². The fourth-order valence-electron chi connectivity index (χ4n) is 0.789. The van der Waals surface area contributed by atoms with E-state index in [2.05, 4.69) is 15.9 Å². The van der Waals surface area contributed by atoms with Crippen molar-refractivity contribution in [1.82, 2.24) is 0 Å². The second-order valence-corrected chi connectivity index (χ2v) is 4.14. The summed E-state index contributed by atoms with van der Waals surface area (Å²) in [7, 11) is 1.59. The van der Waals surface area contributed by atoms with E-state index in [0.29, 0.717) is 0 Å². The van der Waals surface area contributed by atoms with E-state index in [4.69, 9.17) is 10.5 Å². The maximum absolute atomic E-state index is 9.37. The van der Waals surface area contributed by atoms with Gasteiger partial charge < -0.3 is 15.6 Å². The minimum absolute atomic E-state index is 0.232. The van der Waals surface area contributed by atoms with E-state index in [1.54, 1.807) is 7.11 Å². The molecule has 1 aromatic rings. The van der Waals surface area contributed by atoms with Gasteiger partial charge in [-0.2, -0.15) is 0 Å². The third kappa shape index (κ3) is 1.98. The van der Waals surface area contributed by atoms with E-state index >= 15 is 0 Å². The number of ether oxygens (including phenoxy) is 1. The van der Waals surface area contributed by atoms with E-state index in [0.717, 1.165) is 14.4 Å². The highest BCUT2D eigenvalue weighted by Crippen LogP contribution is 2.37. The molecule has 0 aromatic carbocycles. The van der Waals surface area contributed by atoms with Crippen molar-refractivity contribution >= 4 is 27.3 Å². The number of rotatable bonds is 3. The number of nitrogens with two attached hydrogens (primary N) is 1. The summed E-state index contributed by atoms with van der Waals surface area (Å²) in [6.45, 7) is 0.232. The number of hydrogen-bond donors (Lipinski definition) is 2. The number of hydrogen-bond acceptors (Lipinski definition) is 4. The Kier molecular flexibility index (Phi) is 3.52. The molecule has 1 heterocycles. The molecule has 0 unspecified atom stereocenters. The Balaban J connectivity index is 2.88. The van der Waals surface area contributed by atoms with Gasteiger partial charge in [-0.1, -0.05) is 0 Å². The predicted octanol–water partition coefficient (Wildman–Crippen LogP) is 1.51. The number of thiophene rings is 1. The molecule has 12 heavy (non-hydrogen) atoms. The van der Waals surface area contributed by atoms with Gasteiger partial charge in [0, 0.05) is 11.4 Å². The van der Waals surface area contributed by atoms with Crippen LogP contribution in [0.4, 0.5) is 0 Å². The van der Waals surface area contributed by atoms with Gasteiger partial charge in [0.1, 0.15) is 6.10 Å². The lowest BCUT2D eigenvalue weighted by atomic mass is 10.3. The topological polar surface area (TPSA) is 55.5 Å². The van der Waals surface area contributed by atoms with Crippen LogP contribution < -0.4 is 10.5 Å². The van der Waals surface area contributed by atoms with Crippen molar-refractivity contribution < 1.29 is 9.84 Å². The molecule has 0 aliphatic carbocycles. The monoisotopic (exact) mass is 251 g/mol. The standard InChI is InChI=1S/C7H10BrNO2S/c1-11-7-4(8)2-6(12-7)5(10)3-9/h2,5,10H,3,9H2,1H3/t5-/m0/s1. The molecule has 0 spiro atoms. The molecule has 3 N–H and O–H groups in total. The molecule has 1 aromatic heterocycles. The smallest absolute Gasteiger partial charge is 0.188 e. The second-order valence-electron chi connectivity index (χ2n) is 2.24. The van der Waals surface area contributed by atoms with Crippen LogP contribution in [0.3, 0.4) is 0 Å². The van der Waals surface area contributed by atoms with Gasteiger partial charge in [-0.15, -0.1) is 11.3 Å². The average Bonchev–Trinajstić information content (AvgIpc) is 2.45. The molecular weight excluding hydrogens is 242 g/mol. The highest BCUT2D eigenvalue weighted by atomic mass is 79.9. The zero-order valence-electron chi connectivity index (χ0n) is 6.58. The lowest BCUT2D eigenvalue weighted by molar-refractivity contribution is 0.190. The molecule has 1 atom stereocenters. The molecule has 0 aliphatic heterocycles. The van der Waals surface area contributed by atoms with Crippen LogP contribution in [0.25, 0.3) is 0 Å². The third-order valence-corrected chi connectivity index (χ3v) is 3.46. The van der Waals surface area contributed by atoms with Crippen LogP contribution in [-0.4, -0.2) is 18.8 Å². The zero-order chi connectivity index (χ0) is 9.14. The molecule has 0 radical (unpaired) electrons. The number of aliphatic hydroxyl groups excluding tert-OH is 1. The first kappa shape index (κ1) is 9.98. The molecule has 0 saturated carbocycles. The fraction of sp³-hybridized carbons (Fsp3) is 0.429. The van der Waals surface area contributed by atoms with Crippen molar-refractivity contribution in [1.29, 1.82) is 0 Å². The predicted molar refractivity (Wildman–Crippen MR) is 52.6 cm³/mol. The van der Waals surface area contributed by atoms with Gasteiger partial charge in [0.15, 0.2) is 5.06 Å². The van der Waals surface area contributed by atoms with Gasteiger partial charge in [-0.25, -0.2) is 0 Å². The number of aliphatic hydroxyl groups is 1. The summed E-state index contributed by atoms with van der Waals surface area (Å²) in [6.07, 6.45) is -0.588. The molecule has 0 saturated heterocycles. The highest BCUT2D eigenvalue weighted by Gasteiger charge is 2.12. The van der Waals surface area contributed by atoms with Crippen LogP contribution >= 0.6 is 27.3 Å². The minimum Gasteiger partial charge on any atom is -0.486 e. The molecule has 3 nitrogen and oxygen atoms in total. The van der Waals surface area contributed by atoms with Crippen molar-refractivity contribution in [2.75, 3.05) is 13.7 Å². The van der Waals surface area contributed by atoms with Crippen LogP contribution in [-0.2, 0) is 0 Å². The molecule has 0 fully saturated rings. The lowest BCUT2D eigenvalue weighted by Gasteiger charge is -2.01. The van der Waals surface area contributed by atoms with Gasteiger partial charge in [0.25, 0.3) is 0 Å². The average molecular weight is 252 g/mol.